The third-order valence-corrected chi connectivity index (χ3v) is 1.59. The highest BCUT2D eigenvalue weighted by atomic mass is 32.1. The monoisotopic (exact) mass is 216 g/mol. The van der Waals surface area contributed by atoms with Crippen LogP contribution in [0.5, 0.6) is 0 Å². The zero-order valence-electron chi connectivity index (χ0n) is 7.66. The van der Waals surface area contributed by atoms with Gasteiger partial charge in [-0.05, 0) is 0 Å². The van der Waals surface area contributed by atoms with Gasteiger partial charge in [0, 0.05) is 12.7 Å². The Morgan fingerprint density at radius 2 is 1.79 bits per heavy atom. The predicted molar refractivity (Wildman–Crippen MR) is 55.9 cm³/mol. The number of hydrogen-bond donors (Lipinski definition) is 4. The Morgan fingerprint density at radius 1 is 1.29 bits per heavy atom. The first-order chi connectivity index (χ1) is 6.40. The number of hydrogen-bond acceptors (Lipinski definition) is 4. The Kier molecular flexibility index (Phi) is 4.57. The Bertz CT molecular complexity index is 311. The zero-order chi connectivity index (χ0) is 11.3. The molecular formula is C7H12N4O2S. The average molecular weight is 216 g/mol. The van der Waals surface area contributed by atoms with Crippen LogP contribution in [0, 0.1) is 0 Å². The van der Waals surface area contributed by atoms with E-state index in [2.05, 4.69) is 17.5 Å². The Hall–Kier alpha value is -1.63. The molecule has 14 heavy (non-hydrogen) atoms. The van der Waals surface area contributed by atoms with Crippen LogP contribution in [0.2, 0.25) is 0 Å². The molecule has 0 aromatic rings. The van der Waals surface area contributed by atoms with Crippen LogP contribution in [0.15, 0.2) is 11.3 Å². The van der Waals surface area contributed by atoms with Crippen molar-refractivity contribution in [3.8, 4) is 0 Å². The van der Waals surface area contributed by atoms with Gasteiger partial charge in [-0.25, -0.2) is 0 Å². The van der Waals surface area contributed by atoms with Crippen molar-refractivity contribution in [2.24, 2.45) is 17.2 Å². The number of amides is 2. The SMILES string of the molecule is CNC(=O)C(C(N)=S)=C(N)CC(N)=O. The highest BCUT2D eigenvalue weighted by Crippen LogP contribution is 2.03. The van der Waals surface area contributed by atoms with Gasteiger partial charge in [0.1, 0.15) is 4.99 Å². The van der Waals surface area contributed by atoms with Gasteiger partial charge in [0.05, 0.1) is 12.0 Å². The molecule has 0 aromatic carbocycles. The summed E-state index contributed by atoms with van der Waals surface area (Å²) in [6, 6.07) is 0. The summed E-state index contributed by atoms with van der Waals surface area (Å²) in [4.78, 5) is 21.6. The molecule has 0 heterocycles. The number of rotatable bonds is 4. The Morgan fingerprint density at radius 3 is 2.07 bits per heavy atom. The summed E-state index contributed by atoms with van der Waals surface area (Å²) in [5.74, 6) is -1.18. The second kappa shape index (κ2) is 5.18. The normalized spacial score (nSPS) is 11.5. The number of carbonyl (C=O) groups is 2. The molecule has 0 saturated carbocycles. The molecule has 0 spiro atoms. The lowest BCUT2D eigenvalue weighted by molar-refractivity contribution is -0.117. The zero-order valence-corrected chi connectivity index (χ0v) is 8.48. The minimum Gasteiger partial charge on any atom is -0.401 e. The molecule has 78 valence electrons. The summed E-state index contributed by atoms with van der Waals surface area (Å²) in [7, 11) is 1.40. The molecule has 0 bridgehead atoms. The van der Waals surface area contributed by atoms with E-state index in [-0.39, 0.29) is 22.7 Å². The molecule has 0 aliphatic rings. The van der Waals surface area contributed by atoms with Crippen LogP contribution in [0.3, 0.4) is 0 Å². The lowest BCUT2D eigenvalue weighted by Crippen LogP contribution is -2.32. The van der Waals surface area contributed by atoms with E-state index in [1.54, 1.807) is 0 Å². The van der Waals surface area contributed by atoms with E-state index < -0.39 is 11.8 Å². The first-order valence-corrected chi connectivity index (χ1v) is 4.09. The molecule has 7 N–H and O–H groups in total. The van der Waals surface area contributed by atoms with Crippen molar-refractivity contribution in [2.75, 3.05) is 7.05 Å². The fourth-order valence-corrected chi connectivity index (χ4v) is 1.04. The molecule has 0 atom stereocenters. The van der Waals surface area contributed by atoms with Crippen LogP contribution in [-0.4, -0.2) is 23.9 Å². The molecule has 2 amide bonds. The summed E-state index contributed by atoms with van der Waals surface area (Å²) in [5, 5.41) is 2.30. The average Bonchev–Trinajstić information content (AvgIpc) is 2.01. The van der Waals surface area contributed by atoms with Gasteiger partial charge >= 0.3 is 0 Å². The highest BCUT2D eigenvalue weighted by molar-refractivity contribution is 7.80. The van der Waals surface area contributed by atoms with Gasteiger partial charge in [-0.2, -0.15) is 0 Å². The van der Waals surface area contributed by atoms with E-state index in [0.29, 0.717) is 0 Å². The van der Waals surface area contributed by atoms with Crippen molar-refractivity contribution >= 4 is 29.0 Å². The van der Waals surface area contributed by atoms with Gasteiger partial charge in [-0.1, -0.05) is 12.2 Å². The smallest absolute Gasteiger partial charge is 0.255 e. The minimum atomic E-state index is -0.653. The number of thiocarbonyl (C=S) groups is 1. The van der Waals surface area contributed by atoms with Crippen LogP contribution >= 0.6 is 12.2 Å². The van der Waals surface area contributed by atoms with E-state index in [1.807, 2.05) is 0 Å². The fourth-order valence-electron chi connectivity index (χ4n) is 0.817. The van der Waals surface area contributed by atoms with Gasteiger partial charge < -0.3 is 22.5 Å². The van der Waals surface area contributed by atoms with Gasteiger partial charge in [-0.3, -0.25) is 9.59 Å². The molecule has 0 rings (SSSR count). The van der Waals surface area contributed by atoms with Crippen molar-refractivity contribution in [3.63, 3.8) is 0 Å². The number of likely N-dealkylation sites (N-methyl/N-ethyl adjacent to an activating group) is 1. The van der Waals surface area contributed by atoms with E-state index in [0.717, 1.165) is 0 Å². The molecule has 0 fully saturated rings. The quantitative estimate of drug-likeness (QED) is 0.323. The Balaban J connectivity index is 5.05. The standard InChI is InChI=1S/C7H12N4O2S/c1-11-7(13)5(6(10)14)3(8)2-4(9)12/h2,8H2,1H3,(H2,9,12)(H2,10,14)(H,11,13). The number of nitrogens with one attached hydrogen (secondary N) is 1. The molecule has 6 nitrogen and oxygen atoms in total. The summed E-state index contributed by atoms with van der Waals surface area (Å²) < 4.78 is 0. The maximum atomic E-state index is 11.2. The molecule has 7 heteroatoms. The largest absolute Gasteiger partial charge is 0.401 e. The molecular weight excluding hydrogens is 204 g/mol. The number of primary amides is 1. The van der Waals surface area contributed by atoms with Crippen LogP contribution in [0.25, 0.3) is 0 Å². The van der Waals surface area contributed by atoms with E-state index in [1.165, 1.54) is 7.05 Å². The maximum absolute atomic E-state index is 11.2. The maximum Gasteiger partial charge on any atom is 0.255 e. The molecule has 0 unspecified atom stereocenters. The first kappa shape index (κ1) is 12.4. The number of nitrogens with two attached hydrogens (primary N) is 3. The lowest BCUT2D eigenvalue weighted by atomic mass is 10.1. The van der Waals surface area contributed by atoms with Gasteiger partial charge in [0.15, 0.2) is 0 Å². The van der Waals surface area contributed by atoms with Gasteiger partial charge in [-0.15, -0.1) is 0 Å². The Labute approximate surface area is 86.5 Å². The van der Waals surface area contributed by atoms with E-state index in [9.17, 15) is 9.59 Å². The molecule has 0 radical (unpaired) electrons. The lowest BCUT2D eigenvalue weighted by Gasteiger charge is -2.07. The van der Waals surface area contributed by atoms with E-state index in [4.69, 9.17) is 17.2 Å². The van der Waals surface area contributed by atoms with Crippen molar-refractivity contribution in [1.82, 2.24) is 5.32 Å². The van der Waals surface area contributed by atoms with Crippen LogP contribution in [0.1, 0.15) is 6.42 Å². The highest BCUT2D eigenvalue weighted by Gasteiger charge is 2.16. The molecule has 0 aliphatic heterocycles. The predicted octanol–water partition coefficient (Wildman–Crippen LogP) is -1.89. The third kappa shape index (κ3) is 3.40. The van der Waals surface area contributed by atoms with Gasteiger partial charge in [0.2, 0.25) is 5.91 Å². The summed E-state index contributed by atoms with van der Waals surface area (Å²) in [6.07, 6.45) is -0.250. The fraction of sp³-hybridized carbons (Fsp3) is 0.286. The number of carbonyl (C=O) groups excluding carboxylic acids is 2. The third-order valence-electron chi connectivity index (χ3n) is 1.39. The van der Waals surface area contributed by atoms with Crippen LogP contribution < -0.4 is 22.5 Å². The first-order valence-electron chi connectivity index (χ1n) is 3.69. The van der Waals surface area contributed by atoms with Gasteiger partial charge in [0.25, 0.3) is 5.91 Å². The molecule has 0 saturated heterocycles. The summed E-state index contributed by atoms with van der Waals surface area (Å²) in [6.45, 7) is 0. The second-order valence-electron chi connectivity index (χ2n) is 2.49. The summed E-state index contributed by atoms with van der Waals surface area (Å²) in [5.41, 5.74) is 15.5. The van der Waals surface area contributed by atoms with Crippen molar-refractivity contribution < 1.29 is 9.59 Å². The second-order valence-corrected chi connectivity index (χ2v) is 2.93. The van der Waals surface area contributed by atoms with Crippen molar-refractivity contribution in [2.45, 2.75) is 6.42 Å². The van der Waals surface area contributed by atoms with Crippen LogP contribution in [0.4, 0.5) is 0 Å². The van der Waals surface area contributed by atoms with Crippen molar-refractivity contribution in [3.05, 3.63) is 11.3 Å². The minimum absolute atomic E-state index is 0.0237. The van der Waals surface area contributed by atoms with Crippen LogP contribution in [-0.2, 0) is 9.59 Å². The summed E-state index contributed by atoms with van der Waals surface area (Å²) >= 11 is 4.62. The van der Waals surface area contributed by atoms with E-state index >= 15 is 0 Å². The molecule has 0 aromatic heterocycles. The topological polar surface area (TPSA) is 124 Å². The molecule has 0 aliphatic carbocycles. The van der Waals surface area contributed by atoms with Crippen molar-refractivity contribution in [1.29, 1.82) is 0 Å².